The summed E-state index contributed by atoms with van der Waals surface area (Å²) in [6, 6.07) is 11.4. The van der Waals surface area contributed by atoms with Gasteiger partial charge >= 0.3 is 0 Å². The highest BCUT2D eigenvalue weighted by atomic mass is 79.9. The standard InChI is InChI=1S/C16H15Br2NO2/c1-10-3-6-15(13(18)7-10)21-9-16(20)19-14-5-4-12(17)8-11(14)2/h3-8H,9H2,1-2H3,(H,19,20). The number of benzene rings is 2. The molecular weight excluding hydrogens is 398 g/mol. The van der Waals surface area contributed by atoms with Crippen LogP contribution in [-0.4, -0.2) is 12.5 Å². The lowest BCUT2D eigenvalue weighted by molar-refractivity contribution is -0.118. The molecular formula is C16H15Br2NO2. The fraction of sp³-hybridized carbons (Fsp3) is 0.188. The van der Waals surface area contributed by atoms with Crippen molar-refractivity contribution in [1.29, 1.82) is 0 Å². The number of nitrogens with one attached hydrogen (secondary N) is 1. The van der Waals surface area contributed by atoms with Crippen molar-refractivity contribution < 1.29 is 9.53 Å². The van der Waals surface area contributed by atoms with E-state index in [2.05, 4.69) is 37.2 Å². The molecule has 5 heteroatoms. The molecule has 2 rings (SSSR count). The summed E-state index contributed by atoms with van der Waals surface area (Å²) in [5, 5.41) is 2.84. The first-order valence-corrected chi connectivity index (χ1v) is 7.99. The first kappa shape index (κ1) is 16.0. The third-order valence-electron chi connectivity index (χ3n) is 2.91. The Kier molecular flexibility index (Phi) is 5.42. The largest absolute Gasteiger partial charge is 0.483 e. The first-order chi connectivity index (χ1) is 9.95. The van der Waals surface area contributed by atoms with Crippen molar-refractivity contribution >= 4 is 43.5 Å². The molecule has 0 bridgehead atoms. The fourth-order valence-electron chi connectivity index (χ4n) is 1.82. The maximum absolute atomic E-state index is 11.9. The van der Waals surface area contributed by atoms with Crippen LogP contribution in [0.15, 0.2) is 45.3 Å². The molecule has 0 radical (unpaired) electrons. The number of rotatable bonds is 4. The molecule has 0 atom stereocenters. The predicted octanol–water partition coefficient (Wildman–Crippen LogP) is 4.85. The summed E-state index contributed by atoms with van der Waals surface area (Å²) in [5.41, 5.74) is 2.91. The van der Waals surface area contributed by atoms with E-state index in [-0.39, 0.29) is 12.5 Å². The highest BCUT2D eigenvalue weighted by Crippen LogP contribution is 2.26. The lowest BCUT2D eigenvalue weighted by Crippen LogP contribution is -2.20. The lowest BCUT2D eigenvalue weighted by atomic mass is 10.2. The number of aryl methyl sites for hydroxylation is 2. The average Bonchev–Trinajstić information content (AvgIpc) is 2.41. The molecule has 0 aliphatic rings. The van der Waals surface area contributed by atoms with Crippen LogP contribution in [0, 0.1) is 13.8 Å². The third-order valence-corrected chi connectivity index (χ3v) is 4.02. The highest BCUT2D eigenvalue weighted by molar-refractivity contribution is 9.10. The van der Waals surface area contributed by atoms with Gasteiger partial charge in [-0.05, 0) is 71.2 Å². The van der Waals surface area contributed by atoms with Gasteiger partial charge < -0.3 is 10.1 Å². The average molecular weight is 413 g/mol. The third kappa shape index (κ3) is 4.58. The van der Waals surface area contributed by atoms with Crippen LogP contribution in [0.3, 0.4) is 0 Å². The summed E-state index contributed by atoms with van der Waals surface area (Å²) in [7, 11) is 0. The Morgan fingerprint density at radius 1 is 1.14 bits per heavy atom. The number of amides is 1. The van der Waals surface area contributed by atoms with E-state index in [1.165, 1.54) is 0 Å². The second kappa shape index (κ2) is 7.09. The predicted molar refractivity (Wildman–Crippen MR) is 91.9 cm³/mol. The van der Waals surface area contributed by atoms with E-state index in [1.54, 1.807) is 0 Å². The van der Waals surface area contributed by atoms with Crippen LogP contribution in [0.25, 0.3) is 0 Å². The maximum atomic E-state index is 11.9. The molecule has 0 unspecified atom stereocenters. The van der Waals surface area contributed by atoms with Gasteiger partial charge in [0.25, 0.3) is 5.91 Å². The number of carbonyl (C=O) groups excluding carboxylic acids is 1. The lowest BCUT2D eigenvalue weighted by Gasteiger charge is -2.11. The molecule has 0 aromatic heterocycles. The van der Waals surface area contributed by atoms with E-state index < -0.39 is 0 Å². The second-order valence-electron chi connectivity index (χ2n) is 4.73. The topological polar surface area (TPSA) is 38.3 Å². The zero-order chi connectivity index (χ0) is 15.4. The Balaban J connectivity index is 1.96. The molecule has 2 aromatic carbocycles. The van der Waals surface area contributed by atoms with Gasteiger partial charge in [-0.1, -0.05) is 22.0 Å². The van der Waals surface area contributed by atoms with Gasteiger partial charge in [-0.25, -0.2) is 0 Å². The number of ether oxygens (including phenoxy) is 1. The Labute approximate surface area is 141 Å². The van der Waals surface area contributed by atoms with Crippen LogP contribution < -0.4 is 10.1 Å². The molecule has 0 heterocycles. The Hall–Kier alpha value is -1.33. The van der Waals surface area contributed by atoms with Crippen LogP contribution in [-0.2, 0) is 4.79 Å². The molecule has 0 saturated heterocycles. The van der Waals surface area contributed by atoms with Crippen molar-refractivity contribution in [3.63, 3.8) is 0 Å². The van der Waals surface area contributed by atoms with Crippen molar-refractivity contribution in [1.82, 2.24) is 0 Å². The molecule has 2 aromatic rings. The van der Waals surface area contributed by atoms with E-state index >= 15 is 0 Å². The van der Waals surface area contributed by atoms with Crippen molar-refractivity contribution in [2.45, 2.75) is 13.8 Å². The SMILES string of the molecule is Cc1ccc(OCC(=O)Nc2ccc(Br)cc2C)c(Br)c1. The molecule has 1 amide bonds. The minimum absolute atomic E-state index is 0.0306. The van der Waals surface area contributed by atoms with Gasteiger partial charge in [0.05, 0.1) is 4.47 Å². The summed E-state index contributed by atoms with van der Waals surface area (Å²) < 4.78 is 7.35. The molecule has 0 saturated carbocycles. The molecule has 3 nitrogen and oxygen atoms in total. The summed E-state index contributed by atoms with van der Waals surface area (Å²) in [5.74, 6) is 0.469. The highest BCUT2D eigenvalue weighted by Gasteiger charge is 2.08. The number of carbonyl (C=O) groups is 1. The number of hydrogen-bond donors (Lipinski definition) is 1. The molecule has 21 heavy (non-hydrogen) atoms. The number of halogens is 2. The molecule has 0 fully saturated rings. The zero-order valence-corrected chi connectivity index (χ0v) is 14.9. The summed E-state index contributed by atoms with van der Waals surface area (Å²) in [4.78, 5) is 11.9. The fourth-order valence-corrected chi connectivity index (χ4v) is 2.90. The number of hydrogen-bond acceptors (Lipinski definition) is 2. The molecule has 1 N–H and O–H groups in total. The van der Waals surface area contributed by atoms with Gasteiger partial charge in [0.15, 0.2) is 6.61 Å². The van der Waals surface area contributed by atoms with Crippen molar-refractivity contribution in [2.24, 2.45) is 0 Å². The van der Waals surface area contributed by atoms with Gasteiger partial charge in [0.1, 0.15) is 5.75 Å². The van der Waals surface area contributed by atoms with Crippen molar-refractivity contribution in [3.8, 4) is 5.75 Å². The maximum Gasteiger partial charge on any atom is 0.262 e. The quantitative estimate of drug-likeness (QED) is 0.779. The molecule has 0 aliphatic heterocycles. The van der Waals surface area contributed by atoms with E-state index in [4.69, 9.17) is 4.74 Å². The van der Waals surface area contributed by atoms with E-state index in [1.807, 2.05) is 50.2 Å². The zero-order valence-electron chi connectivity index (χ0n) is 11.7. The normalized spacial score (nSPS) is 10.3. The summed E-state index contributed by atoms with van der Waals surface area (Å²) in [6.45, 7) is 3.91. The van der Waals surface area contributed by atoms with E-state index in [0.29, 0.717) is 5.75 Å². The minimum atomic E-state index is -0.187. The summed E-state index contributed by atoms with van der Waals surface area (Å²) >= 11 is 6.82. The van der Waals surface area contributed by atoms with E-state index in [9.17, 15) is 4.79 Å². The summed E-state index contributed by atoms with van der Waals surface area (Å²) in [6.07, 6.45) is 0. The van der Waals surface area contributed by atoms with Gasteiger partial charge in [-0.2, -0.15) is 0 Å². The molecule has 0 spiro atoms. The van der Waals surface area contributed by atoms with Gasteiger partial charge in [-0.15, -0.1) is 0 Å². The van der Waals surface area contributed by atoms with Crippen LogP contribution in [0.4, 0.5) is 5.69 Å². The van der Waals surface area contributed by atoms with Crippen LogP contribution in [0.2, 0.25) is 0 Å². The Bertz CT molecular complexity index is 671. The smallest absolute Gasteiger partial charge is 0.262 e. The van der Waals surface area contributed by atoms with Gasteiger partial charge in [-0.3, -0.25) is 4.79 Å². The molecule has 110 valence electrons. The van der Waals surface area contributed by atoms with Crippen molar-refractivity contribution in [2.75, 3.05) is 11.9 Å². The van der Waals surface area contributed by atoms with Crippen LogP contribution in [0.1, 0.15) is 11.1 Å². The Morgan fingerprint density at radius 2 is 1.90 bits per heavy atom. The molecule has 0 aliphatic carbocycles. The van der Waals surface area contributed by atoms with Crippen molar-refractivity contribution in [3.05, 3.63) is 56.5 Å². The minimum Gasteiger partial charge on any atom is -0.483 e. The van der Waals surface area contributed by atoms with Gasteiger partial charge in [0, 0.05) is 10.2 Å². The second-order valence-corrected chi connectivity index (χ2v) is 6.50. The Morgan fingerprint density at radius 3 is 2.57 bits per heavy atom. The van der Waals surface area contributed by atoms with Gasteiger partial charge in [0.2, 0.25) is 0 Å². The number of anilines is 1. The van der Waals surface area contributed by atoms with Crippen LogP contribution >= 0.6 is 31.9 Å². The van der Waals surface area contributed by atoms with Crippen LogP contribution in [0.5, 0.6) is 5.75 Å². The van der Waals surface area contributed by atoms with E-state index in [0.717, 1.165) is 25.8 Å². The monoisotopic (exact) mass is 411 g/mol. The first-order valence-electron chi connectivity index (χ1n) is 6.40.